The van der Waals surface area contributed by atoms with Gasteiger partial charge in [-0.1, -0.05) is 15.9 Å². The Balaban J connectivity index is 2.55. The Kier molecular flexibility index (Phi) is 4.37. The lowest BCUT2D eigenvalue weighted by atomic mass is 10.1. The Hall–Kier alpha value is -2.22. The number of carbonyl (C=O) groups is 1. The molecule has 1 unspecified atom stereocenters. The van der Waals surface area contributed by atoms with Crippen molar-refractivity contribution in [2.45, 2.75) is 19.4 Å². The van der Waals surface area contributed by atoms with E-state index in [1.54, 1.807) is 25.1 Å². The lowest BCUT2D eigenvalue weighted by Crippen LogP contribution is -2.20. The average molecular weight is 354 g/mol. The number of hydrogen-bond donors (Lipinski definition) is 2. The van der Waals surface area contributed by atoms with Crippen molar-refractivity contribution >= 4 is 44.2 Å². The van der Waals surface area contributed by atoms with Crippen molar-refractivity contribution < 1.29 is 14.8 Å². The van der Waals surface area contributed by atoms with Gasteiger partial charge in [0.25, 0.3) is 0 Å². The molecule has 1 aromatic heterocycles. The minimum Gasteiger partial charge on any atom is -0.481 e. The summed E-state index contributed by atoms with van der Waals surface area (Å²) in [7, 11) is 0. The van der Waals surface area contributed by atoms with Gasteiger partial charge in [-0.15, -0.1) is 0 Å². The van der Waals surface area contributed by atoms with Crippen molar-refractivity contribution in [3.05, 3.63) is 39.0 Å². The largest absolute Gasteiger partial charge is 0.481 e. The second kappa shape index (κ2) is 6.04. The second-order valence-corrected chi connectivity index (χ2v) is 5.50. The maximum absolute atomic E-state index is 11.2. The van der Waals surface area contributed by atoms with Crippen molar-refractivity contribution in [2.24, 2.45) is 0 Å². The highest BCUT2D eigenvalue weighted by Crippen LogP contribution is 2.33. The Morgan fingerprint density at radius 3 is 2.90 bits per heavy atom. The fourth-order valence-corrected chi connectivity index (χ4v) is 2.36. The average Bonchev–Trinajstić information content (AvgIpc) is 2.38. The van der Waals surface area contributed by atoms with E-state index in [9.17, 15) is 14.9 Å². The van der Waals surface area contributed by atoms with Gasteiger partial charge in [0.1, 0.15) is 11.9 Å². The van der Waals surface area contributed by atoms with Gasteiger partial charge in [0, 0.05) is 15.9 Å². The summed E-state index contributed by atoms with van der Waals surface area (Å²) in [6.07, 6.45) is 1.03. The summed E-state index contributed by atoms with van der Waals surface area (Å²) >= 11 is 3.32. The highest BCUT2D eigenvalue weighted by Gasteiger charge is 2.20. The standard InChI is InChI=1S/C13H12BrN3O4/c1-7(4-12(18)19)16-13-9-5-8(14)2-3-10(9)15-6-11(13)17(20)21/h2-3,5-7H,4H2,1H3,(H,15,16)(H,18,19). The molecule has 0 aliphatic carbocycles. The zero-order chi connectivity index (χ0) is 15.6. The lowest BCUT2D eigenvalue weighted by Gasteiger charge is -2.15. The minimum atomic E-state index is -0.975. The number of fused-ring (bicyclic) bond motifs is 1. The summed E-state index contributed by atoms with van der Waals surface area (Å²) < 4.78 is 0.756. The van der Waals surface area contributed by atoms with Crippen LogP contribution in [0.5, 0.6) is 0 Å². The SMILES string of the molecule is CC(CC(=O)O)Nc1c([N+](=O)[O-])cnc2ccc(Br)cc12. The zero-order valence-corrected chi connectivity index (χ0v) is 12.6. The summed E-state index contributed by atoms with van der Waals surface area (Å²) in [6.45, 7) is 1.65. The maximum Gasteiger partial charge on any atom is 0.311 e. The topological polar surface area (TPSA) is 105 Å². The molecule has 1 heterocycles. The number of anilines is 1. The highest BCUT2D eigenvalue weighted by molar-refractivity contribution is 9.10. The predicted molar refractivity (Wildman–Crippen MR) is 81.4 cm³/mol. The molecule has 7 nitrogen and oxygen atoms in total. The molecule has 2 rings (SSSR count). The zero-order valence-electron chi connectivity index (χ0n) is 11.0. The minimum absolute atomic E-state index is 0.144. The van der Waals surface area contributed by atoms with E-state index < -0.39 is 16.9 Å². The summed E-state index contributed by atoms with van der Waals surface area (Å²) in [4.78, 5) is 25.4. The van der Waals surface area contributed by atoms with E-state index in [4.69, 9.17) is 5.11 Å². The van der Waals surface area contributed by atoms with Gasteiger partial charge in [-0.3, -0.25) is 14.9 Å². The molecule has 0 saturated carbocycles. The Morgan fingerprint density at radius 1 is 1.57 bits per heavy atom. The molecule has 0 bridgehead atoms. The van der Waals surface area contributed by atoms with E-state index >= 15 is 0 Å². The van der Waals surface area contributed by atoms with Gasteiger partial charge in [0.15, 0.2) is 0 Å². The van der Waals surface area contributed by atoms with E-state index in [1.807, 2.05) is 0 Å². The Labute approximate surface area is 128 Å². The summed E-state index contributed by atoms with van der Waals surface area (Å²) in [5.74, 6) is -0.975. The van der Waals surface area contributed by atoms with Crippen LogP contribution in [-0.4, -0.2) is 27.0 Å². The molecule has 0 fully saturated rings. The first-order chi connectivity index (χ1) is 9.88. The molecule has 1 atom stereocenters. The molecule has 0 aliphatic rings. The van der Waals surface area contributed by atoms with E-state index in [1.165, 1.54) is 6.20 Å². The third-order valence-electron chi connectivity index (χ3n) is 2.88. The van der Waals surface area contributed by atoms with E-state index in [-0.39, 0.29) is 17.8 Å². The summed E-state index contributed by atoms with van der Waals surface area (Å²) in [6, 6.07) is 4.78. The third kappa shape index (κ3) is 3.46. The Bertz CT molecular complexity index is 720. The van der Waals surface area contributed by atoms with Gasteiger partial charge in [-0.05, 0) is 25.1 Å². The van der Waals surface area contributed by atoms with Crippen molar-refractivity contribution in [1.29, 1.82) is 0 Å². The van der Waals surface area contributed by atoms with Crippen LogP contribution in [0.1, 0.15) is 13.3 Å². The van der Waals surface area contributed by atoms with E-state index in [0.717, 1.165) is 4.47 Å². The van der Waals surface area contributed by atoms with Crippen LogP contribution in [-0.2, 0) is 4.79 Å². The quantitative estimate of drug-likeness (QED) is 0.631. The van der Waals surface area contributed by atoms with Gasteiger partial charge in [-0.25, -0.2) is 4.98 Å². The maximum atomic E-state index is 11.2. The van der Waals surface area contributed by atoms with Crippen LogP contribution >= 0.6 is 15.9 Å². The number of carboxylic acid groups (broad SMARTS) is 1. The number of aliphatic carboxylic acids is 1. The van der Waals surface area contributed by atoms with Crippen LogP contribution in [0.4, 0.5) is 11.4 Å². The van der Waals surface area contributed by atoms with Crippen LogP contribution in [0.2, 0.25) is 0 Å². The summed E-state index contributed by atoms with van der Waals surface area (Å²) in [5.41, 5.74) is 0.687. The number of pyridine rings is 1. The van der Waals surface area contributed by atoms with Gasteiger partial charge < -0.3 is 10.4 Å². The molecular weight excluding hydrogens is 342 g/mol. The van der Waals surface area contributed by atoms with Crippen molar-refractivity contribution in [3.63, 3.8) is 0 Å². The smallest absolute Gasteiger partial charge is 0.311 e. The molecule has 0 radical (unpaired) electrons. The molecule has 1 aromatic carbocycles. The normalized spacial score (nSPS) is 12.1. The molecule has 0 saturated heterocycles. The number of nitrogens with zero attached hydrogens (tertiary/aromatic N) is 2. The van der Waals surface area contributed by atoms with E-state index in [0.29, 0.717) is 10.9 Å². The van der Waals surface area contributed by atoms with Gasteiger partial charge >= 0.3 is 11.7 Å². The van der Waals surface area contributed by atoms with Crippen LogP contribution in [0, 0.1) is 10.1 Å². The molecule has 0 amide bonds. The first kappa shape index (κ1) is 15.2. The lowest BCUT2D eigenvalue weighted by molar-refractivity contribution is -0.384. The number of hydrogen-bond acceptors (Lipinski definition) is 5. The molecule has 110 valence electrons. The number of nitrogens with one attached hydrogen (secondary N) is 1. The Morgan fingerprint density at radius 2 is 2.29 bits per heavy atom. The summed E-state index contributed by atoms with van der Waals surface area (Å²) in [5, 5.41) is 23.4. The molecule has 2 aromatic rings. The number of nitro groups is 1. The fraction of sp³-hybridized carbons (Fsp3) is 0.231. The van der Waals surface area contributed by atoms with Crippen LogP contribution in [0.25, 0.3) is 10.9 Å². The van der Waals surface area contributed by atoms with Crippen molar-refractivity contribution in [1.82, 2.24) is 4.98 Å². The van der Waals surface area contributed by atoms with Crippen molar-refractivity contribution in [3.8, 4) is 0 Å². The molecule has 21 heavy (non-hydrogen) atoms. The first-order valence-corrected chi connectivity index (χ1v) is 6.88. The van der Waals surface area contributed by atoms with Crippen LogP contribution in [0.3, 0.4) is 0 Å². The fourth-order valence-electron chi connectivity index (χ4n) is 2.00. The monoisotopic (exact) mass is 353 g/mol. The van der Waals surface area contributed by atoms with Crippen molar-refractivity contribution in [2.75, 3.05) is 5.32 Å². The third-order valence-corrected chi connectivity index (χ3v) is 3.37. The highest BCUT2D eigenvalue weighted by atomic mass is 79.9. The number of carboxylic acids is 1. The van der Waals surface area contributed by atoms with Crippen LogP contribution < -0.4 is 5.32 Å². The molecular formula is C13H12BrN3O4. The molecule has 8 heteroatoms. The number of rotatable bonds is 5. The van der Waals surface area contributed by atoms with Gasteiger partial charge in [-0.2, -0.15) is 0 Å². The first-order valence-electron chi connectivity index (χ1n) is 6.09. The van der Waals surface area contributed by atoms with Crippen LogP contribution in [0.15, 0.2) is 28.9 Å². The number of benzene rings is 1. The number of halogens is 1. The van der Waals surface area contributed by atoms with Gasteiger partial charge in [0.2, 0.25) is 0 Å². The molecule has 0 aliphatic heterocycles. The second-order valence-electron chi connectivity index (χ2n) is 4.58. The van der Waals surface area contributed by atoms with Gasteiger partial charge in [0.05, 0.1) is 16.9 Å². The predicted octanol–water partition coefficient (Wildman–Crippen LogP) is 3.18. The molecule has 2 N–H and O–H groups in total. The molecule has 0 spiro atoms. The number of aromatic nitrogens is 1. The van der Waals surface area contributed by atoms with E-state index in [2.05, 4.69) is 26.2 Å².